The van der Waals surface area contributed by atoms with Crippen molar-refractivity contribution in [2.24, 2.45) is 4.99 Å². The van der Waals surface area contributed by atoms with E-state index in [1.165, 1.54) is 6.07 Å². The third-order valence-electron chi connectivity index (χ3n) is 3.42. The molecule has 3 rings (SSSR count). The number of rotatable bonds is 5. The summed E-state index contributed by atoms with van der Waals surface area (Å²) in [7, 11) is 0. The minimum absolute atomic E-state index is 0.0583. The fraction of sp³-hybridized carbons (Fsp3) is 0.176. The molecule has 0 unspecified atom stereocenters. The van der Waals surface area contributed by atoms with Crippen LogP contribution >= 0.6 is 31.9 Å². The van der Waals surface area contributed by atoms with Crippen molar-refractivity contribution in [3.05, 3.63) is 50.4 Å². The van der Waals surface area contributed by atoms with Crippen LogP contribution in [0, 0.1) is 0 Å². The van der Waals surface area contributed by atoms with Crippen molar-refractivity contribution >= 4 is 43.7 Å². The zero-order chi connectivity index (χ0) is 18.0. The van der Waals surface area contributed by atoms with Gasteiger partial charge in [0.15, 0.2) is 5.75 Å². The maximum absolute atomic E-state index is 10.9. The van der Waals surface area contributed by atoms with E-state index in [4.69, 9.17) is 14.6 Å². The van der Waals surface area contributed by atoms with Crippen LogP contribution in [0.1, 0.15) is 11.1 Å². The van der Waals surface area contributed by atoms with Gasteiger partial charge in [0.05, 0.1) is 27.5 Å². The van der Waals surface area contributed by atoms with Gasteiger partial charge >= 0.3 is 5.97 Å². The summed E-state index contributed by atoms with van der Waals surface area (Å²) in [6.45, 7) is 1.05. The van der Waals surface area contributed by atoms with Crippen LogP contribution in [0.2, 0.25) is 0 Å². The molecule has 0 atom stereocenters. The molecule has 0 aromatic heterocycles. The van der Waals surface area contributed by atoms with Crippen molar-refractivity contribution in [1.29, 1.82) is 0 Å². The number of carbonyl (C=O) groups is 1. The first-order chi connectivity index (χ1) is 11.9. The van der Waals surface area contributed by atoms with Crippen LogP contribution < -0.4 is 4.74 Å². The minimum atomic E-state index is -0.909. The highest BCUT2D eigenvalue weighted by Gasteiger charge is 2.17. The van der Waals surface area contributed by atoms with Crippen LogP contribution in [-0.4, -0.2) is 35.2 Å². The highest BCUT2D eigenvalue weighted by molar-refractivity contribution is 9.11. The van der Waals surface area contributed by atoms with Crippen LogP contribution in [0.25, 0.3) is 0 Å². The van der Waals surface area contributed by atoms with Gasteiger partial charge in [0.25, 0.3) is 0 Å². The zero-order valence-corrected chi connectivity index (χ0v) is 16.0. The number of hydrogen-bond acceptors (Lipinski definition) is 5. The van der Waals surface area contributed by atoms with Gasteiger partial charge in [0, 0.05) is 0 Å². The Kier molecular flexibility index (Phi) is 5.29. The minimum Gasteiger partial charge on any atom is -0.507 e. The van der Waals surface area contributed by atoms with E-state index >= 15 is 0 Å². The van der Waals surface area contributed by atoms with Crippen molar-refractivity contribution in [1.82, 2.24) is 0 Å². The van der Waals surface area contributed by atoms with E-state index in [-0.39, 0.29) is 12.2 Å². The number of benzene rings is 2. The number of halogens is 2. The van der Waals surface area contributed by atoms with Crippen LogP contribution in [0.15, 0.2) is 44.3 Å². The van der Waals surface area contributed by atoms with Gasteiger partial charge in [-0.1, -0.05) is 0 Å². The summed E-state index contributed by atoms with van der Waals surface area (Å²) in [4.78, 5) is 15.0. The summed E-state index contributed by atoms with van der Waals surface area (Å²) in [5.41, 5.74) is 1.10. The zero-order valence-electron chi connectivity index (χ0n) is 12.8. The number of aliphatic carboxylic acids is 1. The highest BCUT2D eigenvalue weighted by Crippen LogP contribution is 2.39. The summed E-state index contributed by atoms with van der Waals surface area (Å²) in [5.74, 6) is 0.521. The number of carboxylic acid groups (broad SMARTS) is 1. The Morgan fingerprint density at radius 2 is 1.96 bits per heavy atom. The molecule has 1 heterocycles. The molecule has 6 nitrogen and oxygen atoms in total. The Morgan fingerprint density at radius 3 is 2.56 bits per heavy atom. The molecule has 0 aliphatic carbocycles. The monoisotopic (exact) mass is 469 g/mol. The number of carboxylic acids is 1. The molecule has 2 N–H and O–H groups in total. The lowest BCUT2D eigenvalue weighted by Gasteiger charge is -2.13. The van der Waals surface area contributed by atoms with Crippen LogP contribution in [0.4, 0.5) is 0 Å². The van der Waals surface area contributed by atoms with Gasteiger partial charge < -0.3 is 19.7 Å². The highest BCUT2D eigenvalue weighted by atomic mass is 79.9. The van der Waals surface area contributed by atoms with Gasteiger partial charge in [0.2, 0.25) is 5.90 Å². The number of ether oxygens (including phenoxy) is 2. The number of nitrogens with zero attached hydrogens (tertiary/aromatic N) is 1. The normalized spacial score (nSPS) is 13.3. The second-order valence-corrected chi connectivity index (χ2v) is 6.98. The molecule has 2 aromatic carbocycles. The topological polar surface area (TPSA) is 88.4 Å². The van der Waals surface area contributed by atoms with E-state index in [9.17, 15) is 9.90 Å². The van der Waals surface area contributed by atoms with Crippen molar-refractivity contribution in [2.75, 3.05) is 13.2 Å². The van der Waals surface area contributed by atoms with E-state index in [1.807, 2.05) is 0 Å². The van der Waals surface area contributed by atoms with Gasteiger partial charge in [-0.15, -0.1) is 0 Å². The number of aliphatic imine (C=N–C) groups is 1. The van der Waals surface area contributed by atoms with Crippen molar-refractivity contribution in [3.63, 3.8) is 0 Å². The number of phenols is 1. The first-order valence-corrected chi connectivity index (χ1v) is 8.91. The van der Waals surface area contributed by atoms with Gasteiger partial charge in [-0.3, -0.25) is 4.79 Å². The molecule has 130 valence electrons. The van der Waals surface area contributed by atoms with E-state index in [1.54, 1.807) is 24.3 Å². The fourth-order valence-electron chi connectivity index (χ4n) is 2.35. The van der Waals surface area contributed by atoms with Gasteiger partial charge in [-0.25, -0.2) is 4.99 Å². The fourth-order valence-corrected chi connectivity index (χ4v) is 3.80. The molecule has 0 saturated carbocycles. The van der Waals surface area contributed by atoms with Gasteiger partial charge in [-0.2, -0.15) is 0 Å². The standard InChI is InChI=1S/C17H13Br2NO5/c18-12-5-9(7-15(22)23)6-13(19)16(12)25-10-1-2-14(21)11(8-10)17-20-3-4-24-17/h1-2,5-6,8,21H,3-4,7H2,(H,22,23). The Hall–Kier alpha value is -2.06. The molecule has 25 heavy (non-hydrogen) atoms. The quantitative estimate of drug-likeness (QED) is 0.686. The van der Waals surface area contributed by atoms with Crippen molar-refractivity contribution < 1.29 is 24.5 Å². The van der Waals surface area contributed by atoms with Crippen LogP contribution in [0.3, 0.4) is 0 Å². The van der Waals surface area contributed by atoms with Gasteiger partial charge in [0.1, 0.15) is 18.1 Å². The average Bonchev–Trinajstić information content (AvgIpc) is 3.06. The van der Waals surface area contributed by atoms with Crippen LogP contribution in [0.5, 0.6) is 17.2 Å². The Labute approximate surface area is 160 Å². The molecule has 0 saturated heterocycles. The molecule has 0 fully saturated rings. The number of aromatic hydroxyl groups is 1. The molecule has 0 radical (unpaired) electrons. The molecule has 8 heteroatoms. The number of hydrogen-bond donors (Lipinski definition) is 2. The third-order valence-corrected chi connectivity index (χ3v) is 4.60. The predicted molar refractivity (Wildman–Crippen MR) is 98.7 cm³/mol. The molecule has 0 spiro atoms. The SMILES string of the molecule is O=C(O)Cc1cc(Br)c(Oc2ccc(O)c(C3=NCCO3)c2)c(Br)c1. The Balaban J connectivity index is 1.90. The third kappa shape index (κ3) is 4.13. The average molecular weight is 471 g/mol. The molecular formula is C17H13Br2NO5. The lowest BCUT2D eigenvalue weighted by atomic mass is 10.1. The maximum Gasteiger partial charge on any atom is 0.307 e. The smallest absolute Gasteiger partial charge is 0.307 e. The van der Waals surface area contributed by atoms with E-state index < -0.39 is 5.97 Å². The molecule has 0 bridgehead atoms. The molecule has 1 aliphatic heterocycles. The van der Waals surface area contributed by atoms with E-state index in [0.29, 0.717) is 50.6 Å². The van der Waals surface area contributed by atoms with Crippen LogP contribution in [-0.2, 0) is 16.0 Å². The Morgan fingerprint density at radius 1 is 1.24 bits per heavy atom. The summed E-state index contributed by atoms with van der Waals surface area (Å²) in [6.07, 6.45) is -0.0853. The van der Waals surface area contributed by atoms with E-state index in [2.05, 4.69) is 36.9 Å². The maximum atomic E-state index is 10.9. The summed E-state index contributed by atoms with van der Waals surface area (Å²) in [5, 5.41) is 18.9. The van der Waals surface area contributed by atoms with Gasteiger partial charge in [-0.05, 0) is 67.8 Å². The van der Waals surface area contributed by atoms with Crippen molar-refractivity contribution in [2.45, 2.75) is 6.42 Å². The second-order valence-electron chi connectivity index (χ2n) is 5.28. The number of phenolic OH excluding ortho intramolecular Hbond substituents is 1. The lowest BCUT2D eigenvalue weighted by Crippen LogP contribution is -2.02. The molecule has 1 aliphatic rings. The molecule has 0 amide bonds. The van der Waals surface area contributed by atoms with Crippen molar-refractivity contribution in [3.8, 4) is 17.2 Å². The lowest BCUT2D eigenvalue weighted by molar-refractivity contribution is -0.136. The summed E-state index contributed by atoms with van der Waals surface area (Å²) in [6, 6.07) is 8.16. The first-order valence-electron chi connectivity index (χ1n) is 7.32. The largest absolute Gasteiger partial charge is 0.507 e. The predicted octanol–water partition coefficient (Wildman–Crippen LogP) is 4.11. The summed E-state index contributed by atoms with van der Waals surface area (Å²) >= 11 is 6.80. The Bertz CT molecular complexity index is 843. The molecule has 2 aromatic rings. The summed E-state index contributed by atoms with van der Waals surface area (Å²) < 4.78 is 12.5. The first kappa shape index (κ1) is 17.8. The second kappa shape index (κ2) is 7.45. The van der Waals surface area contributed by atoms with E-state index in [0.717, 1.165) is 0 Å². The molecular weight excluding hydrogens is 458 g/mol.